The summed E-state index contributed by atoms with van der Waals surface area (Å²) in [5, 5.41) is 18.8. The number of phenols is 1. The number of fused-ring (bicyclic) bond motifs is 1. The van der Waals surface area contributed by atoms with Crippen molar-refractivity contribution < 1.29 is 19.4 Å². The fraction of sp³-hybridized carbons (Fsp3) is 0.100. The number of aromatic hydroxyl groups is 1. The number of ether oxygens (including phenoxy) is 1. The SMILES string of the molecule is CCCOc1ccc(/C=C(\NC(=O)c2ccccc2)C(=O)N/N=C\c2c(O)ccc3ccccc23)cc1. The molecule has 0 bridgehead atoms. The summed E-state index contributed by atoms with van der Waals surface area (Å²) in [5.74, 6) is -0.291. The monoisotopic (exact) mass is 493 g/mol. The number of nitrogens with one attached hydrogen (secondary N) is 2. The zero-order valence-corrected chi connectivity index (χ0v) is 20.3. The third-order valence-electron chi connectivity index (χ3n) is 5.50. The van der Waals surface area contributed by atoms with Crippen LogP contribution in [-0.2, 0) is 4.79 Å². The number of benzene rings is 4. The van der Waals surface area contributed by atoms with E-state index in [-0.39, 0.29) is 11.4 Å². The normalized spacial score (nSPS) is 11.4. The van der Waals surface area contributed by atoms with Gasteiger partial charge in [-0.15, -0.1) is 0 Å². The number of amides is 2. The molecule has 0 aliphatic carbocycles. The molecule has 0 saturated carbocycles. The molecule has 7 heteroatoms. The van der Waals surface area contributed by atoms with Gasteiger partial charge in [0.05, 0.1) is 12.8 Å². The Bertz CT molecular complexity index is 1450. The van der Waals surface area contributed by atoms with Crippen LogP contribution in [0.3, 0.4) is 0 Å². The van der Waals surface area contributed by atoms with E-state index in [0.29, 0.717) is 23.3 Å². The topological polar surface area (TPSA) is 100 Å². The van der Waals surface area contributed by atoms with Crippen LogP contribution >= 0.6 is 0 Å². The molecule has 0 aliphatic rings. The lowest BCUT2D eigenvalue weighted by molar-refractivity contribution is -0.117. The Morgan fingerprint density at radius 2 is 1.65 bits per heavy atom. The first-order chi connectivity index (χ1) is 18.0. The molecule has 4 rings (SSSR count). The van der Waals surface area contributed by atoms with Gasteiger partial charge in [-0.25, -0.2) is 5.43 Å². The van der Waals surface area contributed by atoms with Crippen molar-refractivity contribution in [2.45, 2.75) is 13.3 Å². The van der Waals surface area contributed by atoms with Gasteiger partial charge in [-0.3, -0.25) is 9.59 Å². The minimum atomic E-state index is -0.619. The van der Waals surface area contributed by atoms with Gasteiger partial charge in [-0.1, -0.05) is 67.6 Å². The summed E-state index contributed by atoms with van der Waals surface area (Å²) >= 11 is 0. The first-order valence-electron chi connectivity index (χ1n) is 11.9. The van der Waals surface area contributed by atoms with Gasteiger partial charge in [0.25, 0.3) is 11.8 Å². The second-order valence-corrected chi connectivity index (χ2v) is 8.21. The average Bonchev–Trinajstić information content (AvgIpc) is 2.93. The van der Waals surface area contributed by atoms with Crippen LogP contribution < -0.4 is 15.5 Å². The maximum atomic E-state index is 13.1. The lowest BCUT2D eigenvalue weighted by Crippen LogP contribution is -2.32. The molecule has 2 amide bonds. The Morgan fingerprint density at radius 3 is 2.41 bits per heavy atom. The Balaban J connectivity index is 1.57. The molecule has 0 atom stereocenters. The molecule has 186 valence electrons. The second kappa shape index (κ2) is 12.2. The van der Waals surface area contributed by atoms with E-state index in [4.69, 9.17) is 4.74 Å². The number of nitrogens with zero attached hydrogens (tertiary/aromatic N) is 1. The van der Waals surface area contributed by atoms with E-state index in [2.05, 4.69) is 15.8 Å². The van der Waals surface area contributed by atoms with E-state index < -0.39 is 11.8 Å². The van der Waals surface area contributed by atoms with Crippen LogP contribution in [0, 0.1) is 0 Å². The van der Waals surface area contributed by atoms with Crippen LogP contribution in [0.4, 0.5) is 0 Å². The highest BCUT2D eigenvalue weighted by molar-refractivity contribution is 6.06. The van der Waals surface area contributed by atoms with Gasteiger partial charge in [-0.2, -0.15) is 5.10 Å². The summed E-state index contributed by atoms with van der Waals surface area (Å²) in [4.78, 5) is 25.9. The number of rotatable bonds is 9. The summed E-state index contributed by atoms with van der Waals surface area (Å²) in [6, 6.07) is 26.7. The first-order valence-corrected chi connectivity index (χ1v) is 11.9. The highest BCUT2D eigenvalue weighted by Gasteiger charge is 2.14. The fourth-order valence-electron chi connectivity index (χ4n) is 3.62. The van der Waals surface area contributed by atoms with Gasteiger partial charge in [0.1, 0.15) is 17.2 Å². The lowest BCUT2D eigenvalue weighted by atomic mass is 10.0. The maximum absolute atomic E-state index is 13.1. The number of hydrogen-bond donors (Lipinski definition) is 3. The number of hydrogen-bond acceptors (Lipinski definition) is 5. The second-order valence-electron chi connectivity index (χ2n) is 8.21. The summed E-state index contributed by atoms with van der Waals surface area (Å²) in [7, 11) is 0. The smallest absolute Gasteiger partial charge is 0.287 e. The van der Waals surface area contributed by atoms with Gasteiger partial charge in [-0.05, 0) is 59.2 Å². The molecule has 0 aliphatic heterocycles. The standard InChI is InChI=1S/C30H27N3O4/c1-2-18-37-24-15-12-21(13-16-24)19-27(32-29(35)23-9-4-3-5-10-23)30(36)33-31-20-26-25-11-7-6-8-22(25)14-17-28(26)34/h3-17,19-20,34H,2,18H2,1H3,(H,32,35)(H,33,36)/b27-19-,31-20-. The van der Waals surface area contributed by atoms with E-state index in [1.807, 2.05) is 31.2 Å². The van der Waals surface area contributed by atoms with Crippen LogP contribution in [0.5, 0.6) is 11.5 Å². The summed E-state index contributed by atoms with van der Waals surface area (Å²) in [6.45, 7) is 2.64. The minimum Gasteiger partial charge on any atom is -0.507 e. The Kier molecular flexibility index (Phi) is 8.29. The third-order valence-corrected chi connectivity index (χ3v) is 5.50. The van der Waals surface area contributed by atoms with Gasteiger partial charge >= 0.3 is 0 Å². The van der Waals surface area contributed by atoms with E-state index in [1.54, 1.807) is 72.8 Å². The van der Waals surface area contributed by atoms with Crippen molar-refractivity contribution in [3.8, 4) is 11.5 Å². The van der Waals surface area contributed by atoms with Crippen LogP contribution in [-0.4, -0.2) is 29.7 Å². The van der Waals surface area contributed by atoms with Gasteiger partial charge in [0.2, 0.25) is 0 Å². The van der Waals surface area contributed by atoms with Gasteiger partial charge in [0.15, 0.2) is 0 Å². The highest BCUT2D eigenvalue weighted by atomic mass is 16.5. The molecule has 4 aromatic rings. The van der Waals surface area contributed by atoms with Crippen molar-refractivity contribution in [3.05, 3.63) is 113 Å². The molecule has 0 radical (unpaired) electrons. The van der Waals surface area contributed by atoms with Crippen LogP contribution in [0.25, 0.3) is 16.8 Å². The molecule has 37 heavy (non-hydrogen) atoms. The van der Waals surface area contributed by atoms with Crippen molar-refractivity contribution >= 4 is 34.9 Å². The van der Waals surface area contributed by atoms with Crippen molar-refractivity contribution in [2.24, 2.45) is 5.10 Å². The van der Waals surface area contributed by atoms with Gasteiger partial charge < -0.3 is 15.2 Å². The molecule has 0 aromatic heterocycles. The molecule has 0 unspecified atom stereocenters. The summed E-state index contributed by atoms with van der Waals surface area (Å²) in [6.07, 6.45) is 3.84. The van der Waals surface area contributed by atoms with Crippen LogP contribution in [0.15, 0.2) is 102 Å². The molecule has 7 nitrogen and oxygen atoms in total. The van der Waals surface area contributed by atoms with Crippen LogP contribution in [0.1, 0.15) is 34.8 Å². The van der Waals surface area contributed by atoms with E-state index in [9.17, 15) is 14.7 Å². The lowest BCUT2D eigenvalue weighted by Gasteiger charge is -2.10. The van der Waals surface area contributed by atoms with Crippen molar-refractivity contribution in [1.82, 2.24) is 10.7 Å². The molecule has 0 spiro atoms. The Morgan fingerprint density at radius 1 is 0.919 bits per heavy atom. The predicted octanol–water partition coefficient (Wildman–Crippen LogP) is 5.26. The fourth-order valence-corrected chi connectivity index (χ4v) is 3.62. The maximum Gasteiger partial charge on any atom is 0.287 e. The molecule has 0 saturated heterocycles. The quantitative estimate of drug-likeness (QED) is 0.168. The molecule has 3 N–H and O–H groups in total. The minimum absolute atomic E-state index is 0.00960. The molecule has 0 fully saturated rings. The molecular weight excluding hydrogens is 466 g/mol. The Hall–Kier alpha value is -4.91. The zero-order valence-electron chi connectivity index (χ0n) is 20.3. The van der Waals surface area contributed by atoms with Crippen molar-refractivity contribution in [3.63, 3.8) is 0 Å². The molecule has 4 aromatic carbocycles. The van der Waals surface area contributed by atoms with Crippen molar-refractivity contribution in [2.75, 3.05) is 6.61 Å². The van der Waals surface area contributed by atoms with Crippen molar-refractivity contribution in [1.29, 1.82) is 0 Å². The van der Waals surface area contributed by atoms with E-state index in [1.165, 1.54) is 6.21 Å². The average molecular weight is 494 g/mol. The van der Waals surface area contributed by atoms with E-state index >= 15 is 0 Å². The third kappa shape index (κ3) is 6.61. The summed E-state index contributed by atoms with van der Waals surface area (Å²) in [5.41, 5.74) is 4.04. The number of hydrazone groups is 1. The number of carbonyl (C=O) groups is 2. The largest absolute Gasteiger partial charge is 0.507 e. The zero-order chi connectivity index (χ0) is 26.0. The molecular formula is C30H27N3O4. The number of carbonyl (C=O) groups excluding carboxylic acids is 2. The molecule has 0 heterocycles. The van der Waals surface area contributed by atoms with Gasteiger partial charge in [0, 0.05) is 11.1 Å². The first kappa shape index (κ1) is 25.2. The Labute approximate surface area is 215 Å². The summed E-state index contributed by atoms with van der Waals surface area (Å²) < 4.78 is 5.61. The highest BCUT2D eigenvalue weighted by Crippen LogP contribution is 2.25. The van der Waals surface area contributed by atoms with E-state index in [0.717, 1.165) is 22.9 Å². The predicted molar refractivity (Wildman–Crippen MR) is 145 cm³/mol. The van der Waals surface area contributed by atoms with Crippen LogP contribution in [0.2, 0.25) is 0 Å². The number of phenolic OH excluding ortho intramolecular Hbond substituents is 1.